The SMILES string of the molecule is Cc1[nH]ncc1C1CCN(c2cc(N3CCCC3CO)ncn2)CC1. The first-order chi connectivity index (χ1) is 12.3. The summed E-state index contributed by atoms with van der Waals surface area (Å²) in [5.41, 5.74) is 2.54. The molecule has 0 aliphatic carbocycles. The number of nitrogens with zero attached hydrogens (tertiary/aromatic N) is 5. The smallest absolute Gasteiger partial charge is 0.134 e. The lowest BCUT2D eigenvalue weighted by Crippen LogP contribution is -2.35. The van der Waals surface area contributed by atoms with E-state index in [4.69, 9.17) is 0 Å². The van der Waals surface area contributed by atoms with Gasteiger partial charge in [-0.3, -0.25) is 5.10 Å². The van der Waals surface area contributed by atoms with Crippen molar-refractivity contribution in [1.29, 1.82) is 0 Å². The maximum atomic E-state index is 9.55. The predicted octanol–water partition coefficient (Wildman–Crippen LogP) is 1.85. The van der Waals surface area contributed by atoms with Crippen molar-refractivity contribution in [2.75, 3.05) is 36.0 Å². The van der Waals surface area contributed by atoms with Gasteiger partial charge < -0.3 is 14.9 Å². The Bertz CT molecular complexity index is 709. The Balaban J connectivity index is 1.45. The highest BCUT2D eigenvalue weighted by molar-refractivity contribution is 5.51. The molecule has 4 heterocycles. The van der Waals surface area contributed by atoms with Gasteiger partial charge in [0.15, 0.2) is 0 Å². The van der Waals surface area contributed by atoms with Crippen LogP contribution in [-0.2, 0) is 0 Å². The number of piperidine rings is 1. The summed E-state index contributed by atoms with van der Waals surface area (Å²) in [5.74, 6) is 2.51. The van der Waals surface area contributed by atoms with E-state index in [-0.39, 0.29) is 12.6 Å². The van der Waals surface area contributed by atoms with E-state index in [0.717, 1.165) is 57.0 Å². The molecule has 1 atom stereocenters. The van der Waals surface area contributed by atoms with Crippen molar-refractivity contribution >= 4 is 11.6 Å². The lowest BCUT2D eigenvalue weighted by molar-refractivity contribution is 0.266. The molecule has 2 aliphatic rings. The average Bonchev–Trinajstić information content (AvgIpc) is 3.30. The lowest BCUT2D eigenvalue weighted by atomic mass is 9.90. The van der Waals surface area contributed by atoms with E-state index in [2.05, 4.69) is 43.0 Å². The molecule has 2 aromatic heterocycles. The molecule has 2 N–H and O–H groups in total. The number of H-pyrrole nitrogens is 1. The first-order valence-corrected chi connectivity index (χ1v) is 9.20. The van der Waals surface area contributed by atoms with Crippen LogP contribution in [0.4, 0.5) is 11.6 Å². The molecule has 0 radical (unpaired) electrons. The Morgan fingerprint density at radius 2 is 1.96 bits per heavy atom. The summed E-state index contributed by atoms with van der Waals surface area (Å²) in [6.45, 7) is 5.24. The van der Waals surface area contributed by atoms with E-state index in [1.807, 2.05) is 6.20 Å². The van der Waals surface area contributed by atoms with E-state index in [9.17, 15) is 5.11 Å². The van der Waals surface area contributed by atoms with Gasteiger partial charge in [0.1, 0.15) is 18.0 Å². The Morgan fingerprint density at radius 1 is 1.16 bits per heavy atom. The zero-order valence-electron chi connectivity index (χ0n) is 14.7. The van der Waals surface area contributed by atoms with Crippen molar-refractivity contribution < 1.29 is 5.11 Å². The molecular formula is C18H26N6O. The molecule has 134 valence electrons. The number of aryl methyl sites for hydroxylation is 1. The summed E-state index contributed by atoms with van der Waals surface area (Å²) in [5, 5.41) is 16.8. The van der Waals surface area contributed by atoms with E-state index >= 15 is 0 Å². The van der Waals surface area contributed by atoms with Crippen molar-refractivity contribution in [2.24, 2.45) is 0 Å². The van der Waals surface area contributed by atoms with Crippen LogP contribution in [0.15, 0.2) is 18.6 Å². The molecule has 0 bridgehead atoms. The van der Waals surface area contributed by atoms with E-state index in [0.29, 0.717) is 5.92 Å². The van der Waals surface area contributed by atoms with Gasteiger partial charge in [-0.2, -0.15) is 5.10 Å². The average molecular weight is 342 g/mol. The van der Waals surface area contributed by atoms with E-state index in [1.54, 1.807) is 6.33 Å². The molecule has 0 amide bonds. The minimum Gasteiger partial charge on any atom is -0.394 e. The Hall–Kier alpha value is -2.15. The fraction of sp³-hybridized carbons (Fsp3) is 0.611. The molecule has 2 aromatic rings. The van der Waals surface area contributed by atoms with Crippen molar-refractivity contribution in [3.05, 3.63) is 29.8 Å². The molecule has 0 saturated carbocycles. The zero-order valence-corrected chi connectivity index (χ0v) is 14.7. The number of nitrogens with one attached hydrogen (secondary N) is 1. The van der Waals surface area contributed by atoms with Gasteiger partial charge in [0.2, 0.25) is 0 Å². The quantitative estimate of drug-likeness (QED) is 0.883. The third kappa shape index (κ3) is 3.20. The van der Waals surface area contributed by atoms with Gasteiger partial charge in [-0.05, 0) is 44.1 Å². The van der Waals surface area contributed by atoms with Crippen LogP contribution in [0.1, 0.15) is 42.9 Å². The van der Waals surface area contributed by atoms with Gasteiger partial charge in [-0.25, -0.2) is 9.97 Å². The molecule has 25 heavy (non-hydrogen) atoms. The number of rotatable bonds is 4. The highest BCUT2D eigenvalue weighted by atomic mass is 16.3. The van der Waals surface area contributed by atoms with Gasteiger partial charge in [-0.15, -0.1) is 0 Å². The number of aliphatic hydroxyl groups is 1. The molecular weight excluding hydrogens is 316 g/mol. The second kappa shape index (κ2) is 7.00. The van der Waals surface area contributed by atoms with Gasteiger partial charge >= 0.3 is 0 Å². The number of aromatic amines is 1. The third-order valence-corrected chi connectivity index (χ3v) is 5.65. The second-order valence-electron chi connectivity index (χ2n) is 7.12. The standard InChI is InChI=1S/C18H26N6O/c1-13-16(10-21-22-13)14-4-7-23(8-5-14)17-9-18(20-12-19-17)24-6-2-3-15(24)11-25/h9-10,12,14-15,25H,2-8,11H2,1H3,(H,21,22). The molecule has 2 saturated heterocycles. The highest BCUT2D eigenvalue weighted by Gasteiger charge is 2.27. The zero-order chi connectivity index (χ0) is 17.2. The van der Waals surface area contributed by atoms with Crippen LogP contribution < -0.4 is 9.80 Å². The fourth-order valence-electron chi connectivity index (χ4n) is 4.19. The van der Waals surface area contributed by atoms with Crippen LogP contribution in [0, 0.1) is 6.92 Å². The van der Waals surface area contributed by atoms with Gasteiger partial charge in [0, 0.05) is 31.4 Å². The van der Waals surface area contributed by atoms with Crippen LogP contribution >= 0.6 is 0 Å². The Labute approximate surface area is 148 Å². The minimum absolute atomic E-state index is 0.189. The molecule has 7 nitrogen and oxygen atoms in total. The normalized spacial score (nSPS) is 21.9. The Kier molecular flexibility index (Phi) is 4.57. The molecule has 2 fully saturated rings. The van der Waals surface area contributed by atoms with E-state index < -0.39 is 0 Å². The summed E-state index contributed by atoms with van der Waals surface area (Å²) in [6, 6.07) is 2.27. The van der Waals surface area contributed by atoms with Crippen LogP contribution in [0.3, 0.4) is 0 Å². The summed E-state index contributed by atoms with van der Waals surface area (Å²) in [4.78, 5) is 13.5. The molecule has 1 unspecified atom stereocenters. The predicted molar refractivity (Wildman–Crippen MR) is 97.0 cm³/mol. The van der Waals surface area contributed by atoms with Crippen molar-refractivity contribution in [1.82, 2.24) is 20.2 Å². The van der Waals surface area contributed by atoms with Crippen LogP contribution in [0.25, 0.3) is 0 Å². The molecule has 7 heteroatoms. The summed E-state index contributed by atoms with van der Waals surface area (Å²) in [7, 11) is 0. The Morgan fingerprint density at radius 3 is 2.68 bits per heavy atom. The number of aliphatic hydroxyl groups excluding tert-OH is 1. The van der Waals surface area contributed by atoms with Gasteiger partial charge in [0.05, 0.1) is 18.8 Å². The number of hydrogen-bond acceptors (Lipinski definition) is 6. The maximum Gasteiger partial charge on any atom is 0.134 e. The molecule has 0 spiro atoms. The maximum absolute atomic E-state index is 9.55. The first-order valence-electron chi connectivity index (χ1n) is 9.20. The van der Waals surface area contributed by atoms with Crippen LogP contribution in [-0.4, -0.2) is 57.6 Å². The van der Waals surface area contributed by atoms with Gasteiger partial charge in [0.25, 0.3) is 0 Å². The largest absolute Gasteiger partial charge is 0.394 e. The number of aromatic nitrogens is 4. The lowest BCUT2D eigenvalue weighted by Gasteiger charge is -2.33. The highest BCUT2D eigenvalue weighted by Crippen LogP contribution is 2.32. The third-order valence-electron chi connectivity index (χ3n) is 5.65. The molecule has 0 aromatic carbocycles. The first kappa shape index (κ1) is 16.3. The van der Waals surface area contributed by atoms with Crippen LogP contribution in [0.2, 0.25) is 0 Å². The summed E-state index contributed by atoms with van der Waals surface area (Å²) < 4.78 is 0. The van der Waals surface area contributed by atoms with Crippen molar-refractivity contribution in [3.63, 3.8) is 0 Å². The van der Waals surface area contributed by atoms with Crippen molar-refractivity contribution in [2.45, 2.75) is 44.6 Å². The topological polar surface area (TPSA) is 81.2 Å². The monoisotopic (exact) mass is 342 g/mol. The summed E-state index contributed by atoms with van der Waals surface area (Å²) >= 11 is 0. The van der Waals surface area contributed by atoms with E-state index in [1.165, 1.54) is 11.3 Å². The number of anilines is 2. The molecule has 2 aliphatic heterocycles. The number of hydrogen-bond donors (Lipinski definition) is 2. The van der Waals surface area contributed by atoms with Crippen molar-refractivity contribution in [3.8, 4) is 0 Å². The van der Waals surface area contributed by atoms with Crippen LogP contribution in [0.5, 0.6) is 0 Å². The second-order valence-corrected chi connectivity index (χ2v) is 7.12. The van der Waals surface area contributed by atoms with Gasteiger partial charge in [-0.1, -0.05) is 0 Å². The summed E-state index contributed by atoms with van der Waals surface area (Å²) in [6.07, 6.45) is 8.00. The fourth-order valence-corrected chi connectivity index (χ4v) is 4.19. The minimum atomic E-state index is 0.189. The molecule has 4 rings (SSSR count).